The number of carbonyl (C=O) groups excluding carboxylic acids is 1. The van der Waals surface area contributed by atoms with Gasteiger partial charge >= 0.3 is 0 Å². The first-order valence-electron chi connectivity index (χ1n) is 7.08. The van der Waals surface area contributed by atoms with Crippen molar-refractivity contribution in [1.29, 1.82) is 0 Å². The van der Waals surface area contributed by atoms with Gasteiger partial charge in [-0.25, -0.2) is 0 Å². The zero-order chi connectivity index (χ0) is 14.0. The maximum absolute atomic E-state index is 11.9. The SMILES string of the molecule is CCNC(c1ccc2c(c1)C(=O)NCC2)C(C)(C)C. The van der Waals surface area contributed by atoms with E-state index < -0.39 is 0 Å². The standard InChI is InChI=1S/C16H24N2O/c1-5-17-14(16(2,3)4)12-7-6-11-8-9-18-15(19)13(11)10-12/h6-7,10,14,17H,5,8-9H2,1-4H3,(H,18,19). The molecule has 1 aliphatic rings. The molecule has 1 aliphatic heterocycles. The van der Waals surface area contributed by atoms with E-state index in [1.165, 1.54) is 5.56 Å². The van der Waals surface area contributed by atoms with Gasteiger partial charge in [0, 0.05) is 18.2 Å². The molecule has 0 aromatic heterocycles. The first-order valence-corrected chi connectivity index (χ1v) is 7.08. The van der Waals surface area contributed by atoms with E-state index in [-0.39, 0.29) is 17.4 Å². The highest BCUT2D eigenvalue weighted by molar-refractivity contribution is 5.96. The van der Waals surface area contributed by atoms with E-state index in [1.54, 1.807) is 0 Å². The number of hydrogen-bond donors (Lipinski definition) is 2. The topological polar surface area (TPSA) is 41.1 Å². The van der Waals surface area contributed by atoms with Gasteiger partial charge in [0.2, 0.25) is 0 Å². The molecule has 0 saturated heterocycles. The maximum atomic E-state index is 11.9. The molecule has 1 unspecified atom stereocenters. The third-order valence-corrected chi connectivity index (χ3v) is 3.67. The second kappa shape index (κ2) is 5.33. The van der Waals surface area contributed by atoms with Gasteiger partial charge in [0.15, 0.2) is 0 Å². The highest BCUT2D eigenvalue weighted by atomic mass is 16.1. The Morgan fingerprint density at radius 1 is 1.37 bits per heavy atom. The van der Waals surface area contributed by atoms with Crippen LogP contribution < -0.4 is 10.6 Å². The molecular formula is C16H24N2O. The molecule has 2 rings (SSSR count). The van der Waals surface area contributed by atoms with Gasteiger partial charge in [-0.15, -0.1) is 0 Å². The Hall–Kier alpha value is -1.35. The van der Waals surface area contributed by atoms with E-state index in [0.29, 0.717) is 0 Å². The number of rotatable bonds is 3. The van der Waals surface area contributed by atoms with Crippen molar-refractivity contribution in [2.45, 2.75) is 40.2 Å². The summed E-state index contributed by atoms with van der Waals surface area (Å²) >= 11 is 0. The summed E-state index contributed by atoms with van der Waals surface area (Å²) in [5, 5.41) is 6.44. The molecule has 0 saturated carbocycles. The van der Waals surface area contributed by atoms with Crippen LogP contribution in [-0.4, -0.2) is 19.0 Å². The molecule has 0 radical (unpaired) electrons. The van der Waals surface area contributed by atoms with Crippen molar-refractivity contribution in [2.75, 3.05) is 13.1 Å². The molecule has 1 aromatic rings. The fraction of sp³-hybridized carbons (Fsp3) is 0.562. The zero-order valence-electron chi connectivity index (χ0n) is 12.3. The highest BCUT2D eigenvalue weighted by Crippen LogP contribution is 2.33. The minimum absolute atomic E-state index is 0.0623. The summed E-state index contributed by atoms with van der Waals surface area (Å²) in [6.07, 6.45) is 0.933. The monoisotopic (exact) mass is 260 g/mol. The average molecular weight is 260 g/mol. The summed E-state index contributed by atoms with van der Waals surface area (Å²) in [4.78, 5) is 11.9. The molecule has 3 nitrogen and oxygen atoms in total. The van der Waals surface area contributed by atoms with Gasteiger partial charge in [0.25, 0.3) is 5.91 Å². The average Bonchev–Trinajstić information content (AvgIpc) is 2.35. The summed E-state index contributed by atoms with van der Waals surface area (Å²) in [5.41, 5.74) is 3.33. The van der Waals surface area contributed by atoms with Crippen LogP contribution >= 0.6 is 0 Å². The van der Waals surface area contributed by atoms with Crippen LogP contribution in [-0.2, 0) is 6.42 Å². The van der Waals surface area contributed by atoms with Crippen LogP contribution in [0.15, 0.2) is 18.2 Å². The van der Waals surface area contributed by atoms with Crippen LogP contribution in [0, 0.1) is 5.41 Å². The predicted octanol–water partition coefficient (Wildman–Crippen LogP) is 2.67. The van der Waals surface area contributed by atoms with Gasteiger partial charge in [-0.3, -0.25) is 4.79 Å². The highest BCUT2D eigenvalue weighted by Gasteiger charge is 2.27. The van der Waals surface area contributed by atoms with Crippen molar-refractivity contribution in [1.82, 2.24) is 10.6 Å². The molecule has 0 fully saturated rings. The van der Waals surface area contributed by atoms with E-state index >= 15 is 0 Å². The molecule has 0 bridgehead atoms. The Morgan fingerprint density at radius 2 is 2.11 bits per heavy atom. The zero-order valence-corrected chi connectivity index (χ0v) is 12.3. The summed E-state index contributed by atoms with van der Waals surface area (Å²) in [7, 11) is 0. The fourth-order valence-electron chi connectivity index (χ4n) is 2.74. The Kier molecular flexibility index (Phi) is 3.95. The smallest absolute Gasteiger partial charge is 0.251 e. The van der Waals surface area contributed by atoms with E-state index in [1.807, 2.05) is 0 Å². The van der Waals surface area contributed by atoms with E-state index in [9.17, 15) is 4.79 Å². The Balaban J connectivity index is 2.39. The molecule has 1 amide bonds. The predicted molar refractivity (Wildman–Crippen MR) is 78.4 cm³/mol. The minimum Gasteiger partial charge on any atom is -0.352 e. The second-order valence-electron chi connectivity index (χ2n) is 6.28. The van der Waals surface area contributed by atoms with Crippen molar-refractivity contribution in [3.05, 3.63) is 34.9 Å². The van der Waals surface area contributed by atoms with Crippen molar-refractivity contribution < 1.29 is 4.79 Å². The number of fused-ring (bicyclic) bond motifs is 1. The molecule has 1 heterocycles. The lowest BCUT2D eigenvalue weighted by Crippen LogP contribution is -2.34. The molecular weight excluding hydrogens is 236 g/mol. The molecule has 19 heavy (non-hydrogen) atoms. The molecule has 3 heteroatoms. The number of nitrogens with one attached hydrogen (secondary N) is 2. The lowest BCUT2D eigenvalue weighted by Gasteiger charge is -2.32. The van der Waals surface area contributed by atoms with Gasteiger partial charge in [-0.05, 0) is 35.6 Å². The lowest BCUT2D eigenvalue weighted by atomic mass is 9.81. The van der Waals surface area contributed by atoms with E-state index in [4.69, 9.17) is 0 Å². The third-order valence-electron chi connectivity index (χ3n) is 3.67. The molecule has 0 aliphatic carbocycles. The quantitative estimate of drug-likeness (QED) is 0.877. The fourth-order valence-corrected chi connectivity index (χ4v) is 2.74. The van der Waals surface area contributed by atoms with Crippen LogP contribution in [0.1, 0.15) is 55.2 Å². The third kappa shape index (κ3) is 2.98. The second-order valence-corrected chi connectivity index (χ2v) is 6.28. The Bertz CT molecular complexity index is 474. The summed E-state index contributed by atoms with van der Waals surface area (Å²) in [5.74, 6) is 0.0623. The number of amides is 1. The largest absolute Gasteiger partial charge is 0.352 e. The van der Waals surface area contributed by atoms with Gasteiger partial charge < -0.3 is 10.6 Å². The van der Waals surface area contributed by atoms with Crippen LogP contribution in [0.25, 0.3) is 0 Å². The number of carbonyl (C=O) groups is 1. The van der Waals surface area contributed by atoms with Gasteiger partial charge in [0.05, 0.1) is 0 Å². The first-order chi connectivity index (χ1) is 8.93. The van der Waals surface area contributed by atoms with Crippen LogP contribution in [0.4, 0.5) is 0 Å². The normalized spacial score (nSPS) is 16.7. The van der Waals surface area contributed by atoms with Crippen LogP contribution in [0.2, 0.25) is 0 Å². The number of benzene rings is 1. The van der Waals surface area contributed by atoms with Crippen molar-refractivity contribution in [2.24, 2.45) is 5.41 Å². The van der Waals surface area contributed by atoms with E-state index in [0.717, 1.165) is 30.6 Å². The Morgan fingerprint density at radius 3 is 2.74 bits per heavy atom. The van der Waals surface area contributed by atoms with Crippen molar-refractivity contribution in [3.8, 4) is 0 Å². The maximum Gasteiger partial charge on any atom is 0.251 e. The van der Waals surface area contributed by atoms with Crippen LogP contribution in [0.3, 0.4) is 0 Å². The minimum atomic E-state index is 0.0623. The van der Waals surface area contributed by atoms with Crippen LogP contribution in [0.5, 0.6) is 0 Å². The van der Waals surface area contributed by atoms with Crippen molar-refractivity contribution >= 4 is 5.91 Å². The van der Waals surface area contributed by atoms with Gasteiger partial charge in [-0.2, -0.15) is 0 Å². The van der Waals surface area contributed by atoms with Gasteiger partial charge in [0.1, 0.15) is 0 Å². The lowest BCUT2D eigenvalue weighted by molar-refractivity contribution is 0.0945. The number of hydrogen-bond acceptors (Lipinski definition) is 2. The molecule has 1 aromatic carbocycles. The molecule has 2 N–H and O–H groups in total. The summed E-state index contributed by atoms with van der Waals surface area (Å²) < 4.78 is 0. The van der Waals surface area contributed by atoms with Gasteiger partial charge in [-0.1, -0.05) is 39.8 Å². The summed E-state index contributed by atoms with van der Waals surface area (Å²) in [6, 6.07) is 6.59. The molecule has 0 spiro atoms. The molecule has 104 valence electrons. The Labute approximate surface area is 115 Å². The van der Waals surface area contributed by atoms with E-state index in [2.05, 4.69) is 56.5 Å². The molecule has 1 atom stereocenters. The first kappa shape index (κ1) is 14.1. The summed E-state index contributed by atoms with van der Waals surface area (Å²) in [6.45, 7) is 10.5. The van der Waals surface area contributed by atoms with Crippen molar-refractivity contribution in [3.63, 3.8) is 0 Å².